The molecule has 1 aliphatic heterocycles. The molecule has 2 rings (SSSR count). The number of nitrogens with zero attached hydrogens (tertiary/aromatic N) is 1. The van der Waals surface area contributed by atoms with E-state index < -0.39 is 17.5 Å². The molecule has 1 aromatic rings. The maximum absolute atomic E-state index is 13.7. The molecule has 3 nitrogen and oxygen atoms in total. The monoisotopic (exact) mass is 254 g/mol. The Morgan fingerprint density at radius 1 is 1.39 bits per heavy atom. The van der Waals surface area contributed by atoms with E-state index in [0.29, 0.717) is 19.6 Å². The zero-order chi connectivity index (χ0) is 13.3. The molecule has 0 aromatic heterocycles. The van der Waals surface area contributed by atoms with Crippen molar-refractivity contribution in [2.24, 2.45) is 0 Å². The SMILES string of the molecule is Cc1cc(F)c(C(=O)N2CCN[C@@H](C)C2)cc1F. The number of benzene rings is 1. The van der Waals surface area contributed by atoms with Crippen LogP contribution >= 0.6 is 0 Å². The summed E-state index contributed by atoms with van der Waals surface area (Å²) in [6.07, 6.45) is 0. The van der Waals surface area contributed by atoms with Crippen LogP contribution < -0.4 is 5.32 Å². The predicted molar refractivity (Wildman–Crippen MR) is 64.5 cm³/mol. The van der Waals surface area contributed by atoms with Crippen LogP contribution in [-0.4, -0.2) is 36.5 Å². The van der Waals surface area contributed by atoms with E-state index in [0.717, 1.165) is 12.1 Å². The van der Waals surface area contributed by atoms with Gasteiger partial charge in [0, 0.05) is 25.7 Å². The van der Waals surface area contributed by atoms with Crippen molar-refractivity contribution in [1.82, 2.24) is 10.2 Å². The average Bonchev–Trinajstić information content (AvgIpc) is 2.33. The van der Waals surface area contributed by atoms with Gasteiger partial charge in [-0.15, -0.1) is 0 Å². The number of hydrogen-bond donors (Lipinski definition) is 1. The number of hydrogen-bond acceptors (Lipinski definition) is 2. The molecule has 18 heavy (non-hydrogen) atoms. The fourth-order valence-corrected chi connectivity index (χ4v) is 2.10. The number of piperazine rings is 1. The van der Waals surface area contributed by atoms with E-state index >= 15 is 0 Å². The standard InChI is InChI=1S/C13H16F2N2O/c1-8-5-12(15)10(6-11(8)14)13(18)17-4-3-16-9(2)7-17/h5-6,9,16H,3-4,7H2,1-2H3/t9-/m0/s1. The topological polar surface area (TPSA) is 32.3 Å². The van der Waals surface area contributed by atoms with E-state index in [1.807, 2.05) is 6.92 Å². The van der Waals surface area contributed by atoms with Gasteiger partial charge in [0.15, 0.2) is 0 Å². The number of rotatable bonds is 1. The molecular weight excluding hydrogens is 238 g/mol. The van der Waals surface area contributed by atoms with Crippen LogP contribution in [0.1, 0.15) is 22.8 Å². The van der Waals surface area contributed by atoms with E-state index in [4.69, 9.17) is 0 Å². The summed E-state index contributed by atoms with van der Waals surface area (Å²) in [4.78, 5) is 13.7. The maximum atomic E-state index is 13.7. The van der Waals surface area contributed by atoms with Gasteiger partial charge >= 0.3 is 0 Å². The van der Waals surface area contributed by atoms with Gasteiger partial charge in [0.1, 0.15) is 11.6 Å². The van der Waals surface area contributed by atoms with Gasteiger partial charge in [-0.3, -0.25) is 4.79 Å². The van der Waals surface area contributed by atoms with Crippen LogP contribution in [0.25, 0.3) is 0 Å². The molecule has 1 atom stereocenters. The lowest BCUT2D eigenvalue weighted by Crippen LogP contribution is -2.51. The highest BCUT2D eigenvalue weighted by Gasteiger charge is 2.24. The lowest BCUT2D eigenvalue weighted by atomic mass is 10.1. The van der Waals surface area contributed by atoms with E-state index in [2.05, 4.69) is 5.32 Å². The molecule has 1 amide bonds. The molecule has 0 spiro atoms. The first-order valence-corrected chi connectivity index (χ1v) is 5.97. The third kappa shape index (κ3) is 2.51. The molecule has 1 heterocycles. The summed E-state index contributed by atoms with van der Waals surface area (Å²) in [5, 5.41) is 3.19. The minimum Gasteiger partial charge on any atom is -0.336 e. The first-order valence-electron chi connectivity index (χ1n) is 5.97. The van der Waals surface area contributed by atoms with E-state index in [9.17, 15) is 13.6 Å². The second-order valence-corrected chi connectivity index (χ2v) is 4.69. The van der Waals surface area contributed by atoms with Gasteiger partial charge in [-0.05, 0) is 31.5 Å². The predicted octanol–water partition coefficient (Wildman–Crippen LogP) is 1.71. The summed E-state index contributed by atoms with van der Waals surface area (Å²) >= 11 is 0. The fourth-order valence-electron chi connectivity index (χ4n) is 2.10. The van der Waals surface area contributed by atoms with Gasteiger partial charge in [-0.1, -0.05) is 0 Å². The molecule has 0 saturated carbocycles. The van der Waals surface area contributed by atoms with Crippen LogP contribution in [0.2, 0.25) is 0 Å². The first kappa shape index (κ1) is 13.0. The molecule has 1 N–H and O–H groups in total. The Morgan fingerprint density at radius 2 is 2.11 bits per heavy atom. The van der Waals surface area contributed by atoms with Gasteiger partial charge in [0.05, 0.1) is 5.56 Å². The molecule has 0 unspecified atom stereocenters. The minimum absolute atomic E-state index is 0.168. The Labute approximate surface area is 105 Å². The van der Waals surface area contributed by atoms with Gasteiger partial charge in [-0.25, -0.2) is 8.78 Å². The highest BCUT2D eigenvalue weighted by molar-refractivity contribution is 5.94. The zero-order valence-corrected chi connectivity index (χ0v) is 10.5. The highest BCUT2D eigenvalue weighted by atomic mass is 19.1. The van der Waals surface area contributed by atoms with Crippen LogP contribution in [-0.2, 0) is 0 Å². The molecule has 1 saturated heterocycles. The number of nitrogens with one attached hydrogen (secondary N) is 1. The van der Waals surface area contributed by atoms with E-state index in [1.54, 1.807) is 4.90 Å². The largest absolute Gasteiger partial charge is 0.336 e. The Hall–Kier alpha value is -1.49. The molecule has 1 aromatic carbocycles. The van der Waals surface area contributed by atoms with Gasteiger partial charge in [0.2, 0.25) is 0 Å². The lowest BCUT2D eigenvalue weighted by molar-refractivity contribution is 0.0704. The fraction of sp³-hybridized carbons (Fsp3) is 0.462. The molecule has 0 radical (unpaired) electrons. The summed E-state index contributed by atoms with van der Waals surface area (Å²) < 4.78 is 27.1. The molecule has 0 aliphatic carbocycles. The zero-order valence-electron chi connectivity index (χ0n) is 10.5. The van der Waals surface area contributed by atoms with E-state index in [1.165, 1.54) is 6.92 Å². The molecule has 1 fully saturated rings. The summed E-state index contributed by atoms with van der Waals surface area (Å²) in [6.45, 7) is 5.11. The van der Waals surface area contributed by atoms with Crippen LogP contribution in [0.5, 0.6) is 0 Å². The van der Waals surface area contributed by atoms with Crippen LogP contribution in [0, 0.1) is 18.6 Å². The van der Waals surface area contributed by atoms with Gasteiger partial charge < -0.3 is 10.2 Å². The molecule has 0 bridgehead atoms. The second kappa shape index (κ2) is 5.02. The molecule has 5 heteroatoms. The number of halogens is 2. The number of aryl methyl sites for hydroxylation is 1. The van der Waals surface area contributed by atoms with Crippen molar-refractivity contribution >= 4 is 5.91 Å². The van der Waals surface area contributed by atoms with Crippen LogP contribution in [0.15, 0.2) is 12.1 Å². The van der Waals surface area contributed by atoms with E-state index in [-0.39, 0.29) is 17.2 Å². The Bertz CT molecular complexity index is 476. The summed E-state index contributed by atoms with van der Waals surface area (Å²) in [5.41, 5.74) is 0.0185. The molecule has 98 valence electrons. The summed E-state index contributed by atoms with van der Waals surface area (Å²) in [6, 6.07) is 2.22. The Morgan fingerprint density at radius 3 is 2.78 bits per heavy atom. The third-order valence-corrected chi connectivity index (χ3v) is 3.13. The van der Waals surface area contributed by atoms with Crippen molar-refractivity contribution in [3.63, 3.8) is 0 Å². The molecular formula is C13H16F2N2O. The summed E-state index contributed by atoms with van der Waals surface area (Å²) in [5.74, 6) is -1.66. The van der Waals surface area contributed by atoms with Crippen molar-refractivity contribution < 1.29 is 13.6 Å². The maximum Gasteiger partial charge on any atom is 0.257 e. The van der Waals surface area contributed by atoms with Crippen molar-refractivity contribution in [2.75, 3.05) is 19.6 Å². The normalized spacial score (nSPS) is 20.0. The minimum atomic E-state index is -0.662. The van der Waals surface area contributed by atoms with Crippen molar-refractivity contribution in [1.29, 1.82) is 0 Å². The Kier molecular flexibility index (Phi) is 3.61. The average molecular weight is 254 g/mol. The number of carbonyl (C=O) groups excluding carboxylic acids is 1. The van der Waals surface area contributed by atoms with Crippen molar-refractivity contribution in [3.05, 3.63) is 34.9 Å². The third-order valence-electron chi connectivity index (χ3n) is 3.13. The van der Waals surface area contributed by atoms with Gasteiger partial charge in [-0.2, -0.15) is 0 Å². The van der Waals surface area contributed by atoms with Crippen molar-refractivity contribution in [2.45, 2.75) is 19.9 Å². The second-order valence-electron chi connectivity index (χ2n) is 4.69. The smallest absolute Gasteiger partial charge is 0.257 e. The van der Waals surface area contributed by atoms with Crippen LogP contribution in [0.4, 0.5) is 8.78 Å². The number of amides is 1. The number of carbonyl (C=O) groups is 1. The van der Waals surface area contributed by atoms with Crippen molar-refractivity contribution in [3.8, 4) is 0 Å². The first-order chi connectivity index (χ1) is 8.49. The van der Waals surface area contributed by atoms with Gasteiger partial charge in [0.25, 0.3) is 5.91 Å². The quantitative estimate of drug-likeness (QED) is 0.827. The van der Waals surface area contributed by atoms with Crippen LogP contribution in [0.3, 0.4) is 0 Å². The highest BCUT2D eigenvalue weighted by Crippen LogP contribution is 2.17. The molecule has 1 aliphatic rings. The summed E-state index contributed by atoms with van der Waals surface area (Å²) in [7, 11) is 0. The lowest BCUT2D eigenvalue weighted by Gasteiger charge is -2.32. The Balaban J connectivity index is 2.25.